The molecular weight excluding hydrogens is 480 g/mol. The number of halogens is 1. The Balaban J connectivity index is 1.56. The van der Waals surface area contributed by atoms with Gasteiger partial charge in [-0.3, -0.25) is 4.79 Å². The van der Waals surface area contributed by atoms with Gasteiger partial charge in [0.25, 0.3) is 0 Å². The second kappa shape index (κ2) is 15.4. The van der Waals surface area contributed by atoms with Gasteiger partial charge in [0.1, 0.15) is 12.4 Å². The Kier molecular flexibility index (Phi) is 12.3. The molecular formula is C29H41ClO6. The number of allylic oxidation sites excluding steroid dienone is 2. The minimum absolute atomic E-state index is 0.0108. The Morgan fingerprint density at radius 3 is 2.75 bits per heavy atom. The second-order valence-electron chi connectivity index (χ2n) is 9.68. The predicted octanol–water partition coefficient (Wildman–Crippen LogP) is 6.12. The van der Waals surface area contributed by atoms with Gasteiger partial charge in [-0.2, -0.15) is 0 Å². The van der Waals surface area contributed by atoms with Crippen molar-refractivity contribution in [2.45, 2.75) is 82.2 Å². The summed E-state index contributed by atoms with van der Waals surface area (Å²) in [7, 11) is 0. The van der Waals surface area contributed by atoms with Crippen LogP contribution in [0, 0.1) is 11.8 Å². The zero-order valence-electron chi connectivity index (χ0n) is 21.4. The molecule has 1 aliphatic carbocycles. The number of esters is 1. The van der Waals surface area contributed by atoms with E-state index in [0.717, 1.165) is 62.9 Å². The van der Waals surface area contributed by atoms with Crippen molar-refractivity contribution >= 4 is 17.6 Å². The normalized spacial score (nSPS) is 27.1. The van der Waals surface area contributed by atoms with Crippen LogP contribution in [0.25, 0.3) is 0 Å². The number of benzene rings is 1. The average molecular weight is 521 g/mol. The number of rotatable bonds is 14. The van der Waals surface area contributed by atoms with Crippen LogP contribution in [-0.2, 0) is 19.0 Å². The van der Waals surface area contributed by atoms with Crippen LogP contribution in [-0.4, -0.2) is 48.7 Å². The summed E-state index contributed by atoms with van der Waals surface area (Å²) in [5.74, 6) is 0.921. The Morgan fingerprint density at radius 1 is 1.25 bits per heavy atom. The number of unbranched alkanes of at least 4 members (excludes halogenated alkanes) is 1. The number of carbonyl (C=O) groups excluding carboxylic acids is 1. The highest BCUT2D eigenvalue weighted by atomic mass is 35.5. The summed E-state index contributed by atoms with van der Waals surface area (Å²) in [4.78, 5) is 11.6. The summed E-state index contributed by atoms with van der Waals surface area (Å²) in [5, 5.41) is 9.74. The lowest BCUT2D eigenvalue weighted by molar-refractivity contribution is -0.197. The smallest absolute Gasteiger partial charge is 0.306 e. The number of aliphatic hydroxyl groups excluding tert-OH is 1. The predicted molar refractivity (Wildman–Crippen MR) is 141 cm³/mol. The first kappa shape index (κ1) is 28.7. The van der Waals surface area contributed by atoms with E-state index in [1.54, 1.807) is 13.0 Å². The van der Waals surface area contributed by atoms with Crippen molar-refractivity contribution in [1.29, 1.82) is 0 Å². The first-order valence-electron chi connectivity index (χ1n) is 13.2. The second-order valence-corrected chi connectivity index (χ2v) is 10.2. The molecule has 6 atom stereocenters. The molecule has 1 heterocycles. The molecule has 2 fully saturated rings. The van der Waals surface area contributed by atoms with Gasteiger partial charge in [-0.05, 0) is 75.5 Å². The van der Waals surface area contributed by atoms with Crippen molar-refractivity contribution < 1.29 is 28.8 Å². The van der Waals surface area contributed by atoms with Crippen molar-refractivity contribution in [3.05, 3.63) is 54.6 Å². The number of hydrogen-bond acceptors (Lipinski definition) is 6. The monoisotopic (exact) mass is 520 g/mol. The lowest BCUT2D eigenvalue weighted by atomic mass is 9.91. The SMILES string of the molecule is C=CCOC(=O)CCC/C=C\C[C@@H]1[C@@H](COc2ccc([C@H](C)O)cc2)[C@H](OC2CCCCO2)C[C@H]1Cl. The summed E-state index contributed by atoms with van der Waals surface area (Å²) in [6, 6.07) is 7.56. The van der Waals surface area contributed by atoms with Gasteiger partial charge >= 0.3 is 5.97 Å². The quantitative estimate of drug-likeness (QED) is 0.138. The fourth-order valence-electron chi connectivity index (χ4n) is 4.83. The van der Waals surface area contributed by atoms with Crippen LogP contribution in [0.5, 0.6) is 5.75 Å². The molecule has 1 aromatic carbocycles. The summed E-state index contributed by atoms with van der Waals surface area (Å²) in [6.45, 7) is 6.80. The molecule has 0 spiro atoms. The van der Waals surface area contributed by atoms with Crippen molar-refractivity contribution in [1.82, 2.24) is 0 Å². The van der Waals surface area contributed by atoms with Gasteiger partial charge < -0.3 is 24.1 Å². The largest absolute Gasteiger partial charge is 0.493 e. The molecule has 2 aliphatic rings. The molecule has 36 heavy (non-hydrogen) atoms. The molecule has 0 bridgehead atoms. The van der Waals surface area contributed by atoms with Gasteiger partial charge in [0, 0.05) is 24.3 Å². The van der Waals surface area contributed by atoms with Gasteiger partial charge in [-0.1, -0.05) is 36.9 Å². The minimum Gasteiger partial charge on any atom is -0.493 e. The number of carbonyl (C=O) groups is 1. The van der Waals surface area contributed by atoms with Crippen molar-refractivity contribution in [3.8, 4) is 5.75 Å². The molecule has 3 rings (SSSR count). The lowest BCUT2D eigenvalue weighted by Gasteiger charge is -2.30. The van der Waals surface area contributed by atoms with Crippen molar-refractivity contribution in [2.24, 2.45) is 11.8 Å². The van der Waals surface area contributed by atoms with E-state index < -0.39 is 6.10 Å². The fraction of sp³-hybridized carbons (Fsp3) is 0.621. The van der Waals surface area contributed by atoms with Gasteiger partial charge in [0.05, 0.1) is 18.8 Å². The van der Waals surface area contributed by atoms with E-state index in [9.17, 15) is 9.90 Å². The molecule has 1 N–H and O–H groups in total. The molecule has 7 heteroatoms. The third kappa shape index (κ3) is 9.22. The summed E-state index contributed by atoms with van der Waals surface area (Å²) in [6.07, 6.45) is 11.8. The molecule has 1 saturated heterocycles. The first-order valence-corrected chi connectivity index (χ1v) is 13.6. The molecule has 6 nitrogen and oxygen atoms in total. The minimum atomic E-state index is -0.506. The Hall–Kier alpha value is -1.86. The standard InChI is InChI=1S/C29H41ClO6/c1-3-17-33-28(32)11-7-5-4-6-10-24-25(20-35-23-15-13-22(14-16-23)21(2)31)27(19-26(24)30)36-29-12-8-9-18-34-29/h3-4,6,13-16,21,24-27,29,31H,1,5,7-12,17-20H2,2H3/b6-4-/t21-,24+,25+,26+,27+,29?/m0/s1. The lowest BCUT2D eigenvalue weighted by Crippen LogP contribution is -2.34. The average Bonchev–Trinajstić information content (AvgIpc) is 3.17. The highest BCUT2D eigenvalue weighted by Crippen LogP contribution is 2.41. The topological polar surface area (TPSA) is 74.2 Å². The van der Waals surface area contributed by atoms with Gasteiger partial charge in [-0.25, -0.2) is 0 Å². The van der Waals surface area contributed by atoms with Gasteiger partial charge in [-0.15, -0.1) is 11.6 Å². The highest BCUT2D eigenvalue weighted by molar-refractivity contribution is 6.21. The number of aliphatic hydroxyl groups is 1. The van der Waals surface area contributed by atoms with Crippen LogP contribution < -0.4 is 4.74 Å². The Labute approximate surface area is 220 Å². The first-order chi connectivity index (χ1) is 17.5. The maximum absolute atomic E-state index is 11.6. The molecule has 1 aliphatic heterocycles. The third-order valence-electron chi connectivity index (χ3n) is 6.91. The van der Waals surface area contributed by atoms with E-state index in [0.29, 0.717) is 13.0 Å². The summed E-state index contributed by atoms with van der Waals surface area (Å²) >= 11 is 6.85. The maximum atomic E-state index is 11.6. The Bertz CT molecular complexity index is 818. The van der Waals surface area contributed by atoms with Crippen LogP contribution in [0.1, 0.15) is 70.0 Å². The van der Waals surface area contributed by atoms with E-state index >= 15 is 0 Å². The zero-order chi connectivity index (χ0) is 25.8. The number of ether oxygens (including phenoxy) is 4. The molecule has 0 aromatic heterocycles. The van der Waals surface area contributed by atoms with Crippen LogP contribution in [0.3, 0.4) is 0 Å². The molecule has 1 unspecified atom stereocenters. The molecule has 1 aromatic rings. The zero-order valence-corrected chi connectivity index (χ0v) is 22.1. The van der Waals surface area contributed by atoms with E-state index in [1.165, 1.54) is 0 Å². The van der Waals surface area contributed by atoms with Gasteiger partial charge in [0.2, 0.25) is 0 Å². The van der Waals surface area contributed by atoms with E-state index in [1.807, 2.05) is 24.3 Å². The molecule has 1 saturated carbocycles. The molecule has 0 radical (unpaired) electrons. The number of alkyl halides is 1. The number of hydrogen-bond donors (Lipinski definition) is 1. The van der Waals surface area contributed by atoms with Crippen molar-refractivity contribution in [2.75, 3.05) is 19.8 Å². The van der Waals surface area contributed by atoms with Crippen LogP contribution >= 0.6 is 11.6 Å². The summed E-state index contributed by atoms with van der Waals surface area (Å²) < 4.78 is 23.4. The van der Waals surface area contributed by atoms with E-state index in [-0.39, 0.29) is 42.2 Å². The van der Waals surface area contributed by atoms with Crippen LogP contribution in [0.2, 0.25) is 0 Å². The van der Waals surface area contributed by atoms with Gasteiger partial charge in [0.15, 0.2) is 6.29 Å². The Morgan fingerprint density at radius 2 is 2.06 bits per heavy atom. The summed E-state index contributed by atoms with van der Waals surface area (Å²) in [5.41, 5.74) is 0.858. The van der Waals surface area contributed by atoms with E-state index in [4.69, 9.17) is 30.5 Å². The third-order valence-corrected chi connectivity index (χ3v) is 7.41. The van der Waals surface area contributed by atoms with Crippen LogP contribution in [0.15, 0.2) is 49.1 Å². The maximum Gasteiger partial charge on any atom is 0.306 e. The van der Waals surface area contributed by atoms with Crippen molar-refractivity contribution in [3.63, 3.8) is 0 Å². The molecule has 0 amide bonds. The molecule has 200 valence electrons. The van der Waals surface area contributed by atoms with E-state index in [2.05, 4.69) is 18.7 Å². The fourth-order valence-corrected chi connectivity index (χ4v) is 5.30. The highest BCUT2D eigenvalue weighted by Gasteiger charge is 2.44. The van der Waals surface area contributed by atoms with Crippen LogP contribution in [0.4, 0.5) is 0 Å².